The first kappa shape index (κ1) is 28.9. The standard InChI is InChI=1S/C22H35N5O.C7H7F3N2/c1-16-5-6-19-18(13-16)20(26(2)17-7-10-23-14-17)25-21(24-19)28-15-22-8-3-11-27(22)12-4-9-22;1-4-2-6(11)12-3-5(4)7(8,9)10/h16-17,23H,3-15H2,1-2H3;2-3H,1H3,(H2,11,12). The van der Waals surface area contributed by atoms with Crippen molar-refractivity contribution >= 4 is 11.6 Å². The summed E-state index contributed by atoms with van der Waals surface area (Å²) in [5.41, 5.74) is 7.38. The van der Waals surface area contributed by atoms with E-state index >= 15 is 0 Å². The van der Waals surface area contributed by atoms with E-state index in [2.05, 4.69) is 34.1 Å². The van der Waals surface area contributed by atoms with Crippen LogP contribution in [0.3, 0.4) is 0 Å². The van der Waals surface area contributed by atoms with Gasteiger partial charge in [-0.1, -0.05) is 6.92 Å². The molecule has 40 heavy (non-hydrogen) atoms. The highest BCUT2D eigenvalue weighted by molar-refractivity contribution is 5.52. The van der Waals surface area contributed by atoms with E-state index in [1.807, 2.05) is 0 Å². The minimum atomic E-state index is -4.34. The zero-order chi connectivity index (χ0) is 28.5. The predicted molar refractivity (Wildman–Crippen MR) is 150 cm³/mol. The van der Waals surface area contributed by atoms with Crippen LogP contribution in [-0.2, 0) is 19.0 Å². The van der Waals surface area contributed by atoms with Gasteiger partial charge in [-0.3, -0.25) is 4.90 Å². The number of nitrogens with one attached hydrogen (secondary N) is 1. The number of alkyl halides is 3. The number of rotatable bonds is 5. The van der Waals surface area contributed by atoms with E-state index in [1.165, 1.54) is 75.9 Å². The van der Waals surface area contributed by atoms with E-state index in [-0.39, 0.29) is 16.9 Å². The van der Waals surface area contributed by atoms with E-state index in [4.69, 9.17) is 20.4 Å². The molecule has 0 saturated carbocycles. The van der Waals surface area contributed by atoms with E-state index in [9.17, 15) is 13.2 Å². The predicted octanol–water partition coefficient (Wildman–Crippen LogP) is 4.40. The lowest BCUT2D eigenvalue weighted by atomic mass is 9.88. The molecule has 4 aliphatic rings. The smallest absolute Gasteiger partial charge is 0.418 e. The molecule has 0 spiro atoms. The second-order valence-electron chi connectivity index (χ2n) is 12.0. The molecule has 1 aliphatic carbocycles. The summed E-state index contributed by atoms with van der Waals surface area (Å²) in [6.45, 7) is 9.04. The minimum absolute atomic E-state index is 0.0926. The van der Waals surface area contributed by atoms with Crippen LogP contribution in [0.1, 0.15) is 67.8 Å². The number of hydrogen-bond donors (Lipinski definition) is 2. The van der Waals surface area contributed by atoms with Gasteiger partial charge in [0.25, 0.3) is 0 Å². The molecule has 3 N–H and O–H groups in total. The zero-order valence-corrected chi connectivity index (χ0v) is 23.9. The third-order valence-corrected chi connectivity index (χ3v) is 9.11. The molecule has 0 bridgehead atoms. The summed E-state index contributed by atoms with van der Waals surface area (Å²) in [5, 5.41) is 3.49. The highest BCUT2D eigenvalue weighted by Gasteiger charge is 2.45. The Balaban J connectivity index is 0.000000227. The Morgan fingerprint density at radius 3 is 2.60 bits per heavy atom. The summed E-state index contributed by atoms with van der Waals surface area (Å²) in [7, 11) is 2.21. The Morgan fingerprint density at radius 2 is 1.95 bits per heavy atom. The molecule has 0 radical (unpaired) electrons. The number of ether oxygens (including phenoxy) is 1. The summed E-state index contributed by atoms with van der Waals surface area (Å²) in [4.78, 5) is 18.3. The first-order valence-electron chi connectivity index (χ1n) is 14.6. The van der Waals surface area contributed by atoms with Gasteiger partial charge >= 0.3 is 12.2 Å². The van der Waals surface area contributed by atoms with Gasteiger partial charge in [-0.15, -0.1) is 0 Å². The number of aryl methyl sites for hydroxylation is 2. The van der Waals surface area contributed by atoms with E-state index < -0.39 is 11.7 Å². The maximum absolute atomic E-state index is 12.1. The van der Waals surface area contributed by atoms with Crippen molar-refractivity contribution in [1.29, 1.82) is 0 Å². The van der Waals surface area contributed by atoms with Crippen LogP contribution >= 0.6 is 0 Å². The van der Waals surface area contributed by atoms with Crippen LogP contribution in [0.15, 0.2) is 12.3 Å². The molecule has 0 aromatic carbocycles. The monoisotopic (exact) mass is 561 g/mol. The third kappa shape index (κ3) is 6.15. The topological polar surface area (TPSA) is 92.4 Å². The van der Waals surface area contributed by atoms with E-state index in [0.29, 0.717) is 18.0 Å². The molecule has 2 atom stereocenters. The summed E-state index contributed by atoms with van der Waals surface area (Å²) in [6, 6.07) is 2.32. The SMILES string of the molecule is CC1CCc2nc(OCC34CCCN3CCC4)nc(N(C)C3CCNC3)c2C1.Cc1cc(N)ncc1C(F)(F)F. The molecule has 8 nitrogen and oxygen atoms in total. The number of anilines is 2. The molecule has 220 valence electrons. The molecule has 11 heteroatoms. The van der Waals surface area contributed by atoms with Crippen LogP contribution in [0.4, 0.5) is 24.8 Å². The Kier molecular flexibility index (Phi) is 8.42. The van der Waals surface area contributed by atoms with Crippen molar-refractivity contribution in [3.8, 4) is 6.01 Å². The highest BCUT2D eigenvalue weighted by atomic mass is 19.4. The summed E-state index contributed by atoms with van der Waals surface area (Å²) in [6.07, 6.45) is 6.06. The average molecular weight is 562 g/mol. The van der Waals surface area contributed by atoms with E-state index in [0.717, 1.165) is 44.6 Å². The van der Waals surface area contributed by atoms with Crippen molar-refractivity contribution in [2.75, 3.05) is 50.5 Å². The van der Waals surface area contributed by atoms with Crippen LogP contribution in [0, 0.1) is 12.8 Å². The van der Waals surface area contributed by atoms with Crippen molar-refractivity contribution in [3.05, 3.63) is 34.6 Å². The summed E-state index contributed by atoms with van der Waals surface area (Å²) < 4.78 is 42.6. The summed E-state index contributed by atoms with van der Waals surface area (Å²) in [5.74, 6) is 1.93. The number of fused-ring (bicyclic) bond motifs is 2. The van der Waals surface area contributed by atoms with Gasteiger partial charge in [-0.05, 0) is 95.5 Å². The van der Waals surface area contributed by atoms with Crippen LogP contribution in [0.2, 0.25) is 0 Å². The fraction of sp³-hybridized carbons (Fsp3) is 0.690. The first-order chi connectivity index (χ1) is 19.1. The number of likely N-dealkylation sites (N-methyl/N-ethyl adjacent to an activating group) is 1. The second kappa shape index (κ2) is 11.7. The third-order valence-electron chi connectivity index (χ3n) is 9.11. The van der Waals surface area contributed by atoms with Gasteiger partial charge in [-0.2, -0.15) is 23.1 Å². The molecule has 2 unspecified atom stereocenters. The lowest BCUT2D eigenvalue weighted by molar-refractivity contribution is -0.138. The molecule has 0 amide bonds. The van der Waals surface area contributed by atoms with Crippen molar-refractivity contribution in [1.82, 2.24) is 25.2 Å². The average Bonchev–Trinajstić information content (AvgIpc) is 3.64. The van der Waals surface area contributed by atoms with Gasteiger partial charge in [0.05, 0.1) is 16.8 Å². The summed E-state index contributed by atoms with van der Waals surface area (Å²) >= 11 is 0. The molecule has 3 aliphatic heterocycles. The lowest BCUT2D eigenvalue weighted by Gasteiger charge is -2.33. The molecule has 5 heterocycles. The number of nitrogen functional groups attached to an aromatic ring is 1. The fourth-order valence-corrected chi connectivity index (χ4v) is 6.78. The van der Waals surface area contributed by atoms with Gasteiger partial charge in [-0.25, -0.2) is 4.98 Å². The van der Waals surface area contributed by atoms with Crippen LogP contribution < -0.4 is 20.7 Å². The van der Waals surface area contributed by atoms with Crippen LogP contribution in [-0.4, -0.2) is 71.3 Å². The molecular formula is C29H42F3N7O. The second-order valence-corrected chi connectivity index (χ2v) is 12.0. The maximum Gasteiger partial charge on any atom is 0.418 e. The molecule has 2 aromatic heterocycles. The quantitative estimate of drug-likeness (QED) is 0.555. The van der Waals surface area contributed by atoms with Crippen molar-refractivity contribution in [2.45, 2.75) is 83.0 Å². The maximum atomic E-state index is 12.1. The lowest BCUT2D eigenvalue weighted by Crippen LogP contribution is -2.43. The Labute approximate surface area is 234 Å². The number of hydrogen-bond acceptors (Lipinski definition) is 8. The first-order valence-corrected chi connectivity index (χ1v) is 14.6. The number of halogens is 3. The molecule has 2 aromatic rings. The van der Waals surface area contributed by atoms with Crippen molar-refractivity contribution in [3.63, 3.8) is 0 Å². The molecule has 3 saturated heterocycles. The Morgan fingerprint density at radius 1 is 1.20 bits per heavy atom. The fourth-order valence-electron chi connectivity index (χ4n) is 6.78. The van der Waals surface area contributed by atoms with E-state index in [1.54, 1.807) is 0 Å². The molecule has 3 fully saturated rings. The van der Waals surface area contributed by atoms with Gasteiger partial charge in [0, 0.05) is 31.4 Å². The van der Waals surface area contributed by atoms with Crippen molar-refractivity contribution < 1.29 is 17.9 Å². The molecular weight excluding hydrogens is 519 g/mol. The minimum Gasteiger partial charge on any atom is -0.461 e. The Bertz CT molecular complexity index is 1170. The van der Waals surface area contributed by atoms with Crippen LogP contribution in [0.25, 0.3) is 0 Å². The van der Waals surface area contributed by atoms with Gasteiger partial charge in [0.15, 0.2) is 0 Å². The van der Waals surface area contributed by atoms with Gasteiger partial charge in [0.2, 0.25) is 0 Å². The van der Waals surface area contributed by atoms with Crippen molar-refractivity contribution in [2.24, 2.45) is 5.92 Å². The van der Waals surface area contributed by atoms with Gasteiger partial charge < -0.3 is 20.7 Å². The Hall–Kier alpha value is -2.66. The number of nitrogens with two attached hydrogens (primary N) is 1. The largest absolute Gasteiger partial charge is 0.461 e. The zero-order valence-electron chi connectivity index (χ0n) is 23.9. The highest BCUT2D eigenvalue weighted by Crippen LogP contribution is 2.39. The van der Waals surface area contributed by atoms with Crippen LogP contribution in [0.5, 0.6) is 6.01 Å². The number of nitrogens with zero attached hydrogens (tertiary/aromatic N) is 5. The number of pyridine rings is 1. The van der Waals surface area contributed by atoms with Gasteiger partial charge in [0.1, 0.15) is 18.2 Å². The molecule has 6 rings (SSSR count). The number of aromatic nitrogens is 3. The normalized spacial score (nSPS) is 23.8.